The number of rotatable bonds is 5. The highest BCUT2D eigenvalue weighted by molar-refractivity contribution is 7.91. The zero-order valence-electron chi connectivity index (χ0n) is 15.9. The fourth-order valence-corrected chi connectivity index (χ4v) is 5.69. The Bertz CT molecular complexity index is 1090. The fourth-order valence-electron chi connectivity index (χ4n) is 3.92. The zero-order valence-corrected chi connectivity index (χ0v) is 16.7. The number of amides is 4. The molecule has 2 aliphatic rings. The monoisotopic (exact) mass is 418 g/mol. The minimum atomic E-state index is -3.14. The summed E-state index contributed by atoms with van der Waals surface area (Å²) < 4.78 is 23.3. The summed E-state index contributed by atoms with van der Waals surface area (Å²) in [5, 5.41) is 3.62. The summed E-state index contributed by atoms with van der Waals surface area (Å²) in [4.78, 5) is 42.9. The van der Waals surface area contributed by atoms with Crippen LogP contribution >= 0.6 is 0 Å². The lowest BCUT2D eigenvalue weighted by Gasteiger charge is -2.25. The van der Waals surface area contributed by atoms with Gasteiger partial charge in [-0.3, -0.25) is 14.5 Å². The minimum Gasteiger partial charge on any atom is -0.361 e. The van der Waals surface area contributed by atoms with Crippen LogP contribution in [-0.4, -0.2) is 78.2 Å². The second kappa shape index (κ2) is 7.18. The molecule has 2 aliphatic heterocycles. The summed E-state index contributed by atoms with van der Waals surface area (Å²) in [7, 11) is -1.63. The van der Waals surface area contributed by atoms with Gasteiger partial charge in [-0.1, -0.05) is 18.2 Å². The molecule has 0 unspecified atom stereocenters. The van der Waals surface area contributed by atoms with Gasteiger partial charge in [0.2, 0.25) is 5.91 Å². The van der Waals surface area contributed by atoms with Gasteiger partial charge in [0.05, 0.1) is 11.5 Å². The molecule has 1 aromatic heterocycles. The maximum absolute atomic E-state index is 12.7. The summed E-state index contributed by atoms with van der Waals surface area (Å²) in [6.07, 6.45) is 2.50. The number of aromatic amines is 1. The van der Waals surface area contributed by atoms with Crippen molar-refractivity contribution >= 4 is 38.6 Å². The number of para-hydroxylation sites is 1. The summed E-state index contributed by atoms with van der Waals surface area (Å²) >= 11 is 0. The van der Waals surface area contributed by atoms with Gasteiger partial charge in [0.1, 0.15) is 12.6 Å². The van der Waals surface area contributed by atoms with E-state index in [1.165, 1.54) is 11.9 Å². The van der Waals surface area contributed by atoms with Gasteiger partial charge in [0.25, 0.3) is 5.91 Å². The van der Waals surface area contributed by atoms with E-state index >= 15 is 0 Å². The lowest BCUT2D eigenvalue weighted by Crippen LogP contribution is -2.46. The number of H-pyrrole nitrogens is 1. The van der Waals surface area contributed by atoms with Crippen molar-refractivity contribution in [1.29, 1.82) is 0 Å². The molecule has 0 bridgehead atoms. The highest BCUT2D eigenvalue weighted by atomic mass is 32.2. The second-order valence-electron chi connectivity index (χ2n) is 7.55. The summed E-state index contributed by atoms with van der Waals surface area (Å²) in [6.45, 7) is -0.401. The number of fused-ring (bicyclic) bond motifs is 1. The topological polar surface area (TPSA) is 120 Å². The molecule has 2 atom stereocenters. The first kappa shape index (κ1) is 19.4. The van der Waals surface area contributed by atoms with E-state index in [4.69, 9.17) is 0 Å². The number of likely N-dealkylation sites (N-methyl/N-ethyl adjacent to an activating group) is 1. The second-order valence-corrected chi connectivity index (χ2v) is 9.78. The molecule has 9 nitrogen and oxygen atoms in total. The Morgan fingerprint density at radius 2 is 2.03 bits per heavy atom. The van der Waals surface area contributed by atoms with Crippen LogP contribution in [0.3, 0.4) is 0 Å². The molecule has 0 spiro atoms. The normalized spacial score (nSPS) is 23.6. The number of nitrogens with one attached hydrogen (secondary N) is 2. The van der Waals surface area contributed by atoms with Crippen molar-refractivity contribution in [2.45, 2.75) is 24.9 Å². The number of carbonyl (C=O) groups excluding carboxylic acids is 3. The molecule has 0 saturated carbocycles. The number of benzene rings is 1. The predicted octanol–water partition coefficient (Wildman–Crippen LogP) is 0.276. The van der Waals surface area contributed by atoms with Crippen LogP contribution in [0, 0.1) is 0 Å². The number of aromatic nitrogens is 1. The first-order chi connectivity index (χ1) is 13.7. The Labute approximate surface area is 168 Å². The van der Waals surface area contributed by atoms with E-state index in [0.717, 1.165) is 21.4 Å². The molecular weight excluding hydrogens is 396 g/mol. The summed E-state index contributed by atoms with van der Waals surface area (Å²) in [6, 6.07) is 5.90. The number of sulfone groups is 1. The lowest BCUT2D eigenvalue weighted by atomic mass is 10.1. The number of urea groups is 1. The van der Waals surface area contributed by atoms with Gasteiger partial charge in [0.15, 0.2) is 9.84 Å². The number of hydrogen-bond donors (Lipinski definition) is 2. The first-order valence-electron chi connectivity index (χ1n) is 9.38. The molecule has 3 heterocycles. The Balaban J connectivity index is 1.42. The summed E-state index contributed by atoms with van der Waals surface area (Å²) in [5.74, 6) is -0.951. The van der Waals surface area contributed by atoms with Crippen molar-refractivity contribution in [3.05, 3.63) is 36.0 Å². The molecule has 0 aliphatic carbocycles. The average molecular weight is 418 g/mol. The smallest absolute Gasteiger partial charge is 0.325 e. The van der Waals surface area contributed by atoms with Gasteiger partial charge in [-0.2, -0.15) is 0 Å². The van der Waals surface area contributed by atoms with Gasteiger partial charge in [-0.05, 0) is 18.1 Å². The fraction of sp³-hybridized carbons (Fsp3) is 0.421. The number of nitrogens with zero attached hydrogens (tertiary/aromatic N) is 2. The molecule has 2 aromatic rings. The molecule has 154 valence electrons. The molecule has 2 N–H and O–H groups in total. The molecule has 1 aromatic carbocycles. The van der Waals surface area contributed by atoms with Crippen LogP contribution in [0.4, 0.5) is 4.79 Å². The maximum atomic E-state index is 12.7. The van der Waals surface area contributed by atoms with E-state index in [2.05, 4.69) is 10.3 Å². The highest BCUT2D eigenvalue weighted by Gasteiger charge is 2.41. The van der Waals surface area contributed by atoms with E-state index in [1.807, 2.05) is 30.5 Å². The number of carbonyl (C=O) groups is 3. The molecule has 10 heteroatoms. The van der Waals surface area contributed by atoms with Crippen LogP contribution in [-0.2, 0) is 25.8 Å². The lowest BCUT2D eigenvalue weighted by molar-refractivity contribution is -0.137. The Kier molecular flexibility index (Phi) is 4.81. The quantitative estimate of drug-likeness (QED) is 0.676. The van der Waals surface area contributed by atoms with Crippen LogP contribution in [0.15, 0.2) is 30.5 Å². The number of imide groups is 1. The molecule has 2 saturated heterocycles. The van der Waals surface area contributed by atoms with E-state index in [-0.39, 0.29) is 11.5 Å². The van der Waals surface area contributed by atoms with Crippen LogP contribution in [0.25, 0.3) is 10.9 Å². The van der Waals surface area contributed by atoms with Gasteiger partial charge in [-0.15, -0.1) is 0 Å². The van der Waals surface area contributed by atoms with Crippen molar-refractivity contribution in [1.82, 2.24) is 20.1 Å². The third-order valence-electron chi connectivity index (χ3n) is 5.65. The van der Waals surface area contributed by atoms with Crippen molar-refractivity contribution in [2.75, 3.05) is 25.1 Å². The SMILES string of the molecule is CN(C(=O)CN1C(=O)N[C@@H](Cc2c[nH]c3ccccc23)C1=O)[C@H]1CCS(=O)(=O)C1. The first-order valence-corrected chi connectivity index (χ1v) is 11.2. The van der Waals surface area contributed by atoms with Crippen molar-refractivity contribution in [3.8, 4) is 0 Å². The van der Waals surface area contributed by atoms with Gasteiger partial charge in [0, 0.05) is 36.6 Å². The Morgan fingerprint density at radius 1 is 1.28 bits per heavy atom. The van der Waals surface area contributed by atoms with Crippen LogP contribution in [0.5, 0.6) is 0 Å². The molecule has 4 rings (SSSR count). The largest absolute Gasteiger partial charge is 0.361 e. The van der Waals surface area contributed by atoms with Gasteiger partial charge in [-0.25, -0.2) is 13.2 Å². The van der Waals surface area contributed by atoms with E-state index in [9.17, 15) is 22.8 Å². The predicted molar refractivity (Wildman–Crippen MR) is 106 cm³/mol. The van der Waals surface area contributed by atoms with Crippen LogP contribution < -0.4 is 5.32 Å². The molecule has 0 radical (unpaired) electrons. The van der Waals surface area contributed by atoms with Gasteiger partial charge < -0.3 is 15.2 Å². The van der Waals surface area contributed by atoms with E-state index in [0.29, 0.717) is 12.8 Å². The molecule has 29 heavy (non-hydrogen) atoms. The maximum Gasteiger partial charge on any atom is 0.325 e. The molecule has 4 amide bonds. The van der Waals surface area contributed by atoms with Crippen molar-refractivity contribution in [2.24, 2.45) is 0 Å². The van der Waals surface area contributed by atoms with Crippen molar-refractivity contribution < 1.29 is 22.8 Å². The minimum absolute atomic E-state index is 0.0467. The highest BCUT2D eigenvalue weighted by Crippen LogP contribution is 2.22. The Morgan fingerprint density at radius 3 is 2.76 bits per heavy atom. The van der Waals surface area contributed by atoms with Crippen LogP contribution in [0.2, 0.25) is 0 Å². The van der Waals surface area contributed by atoms with Crippen LogP contribution in [0.1, 0.15) is 12.0 Å². The Hall–Kier alpha value is -2.88. The van der Waals surface area contributed by atoms with E-state index < -0.39 is 46.3 Å². The molecular formula is C19H22N4O5S. The zero-order chi connectivity index (χ0) is 20.8. The standard InChI is InChI=1S/C19H22N4O5S/c1-22(13-6-7-29(27,28)11-13)17(24)10-23-18(25)16(21-19(23)26)8-12-9-20-15-5-3-2-4-14(12)15/h2-5,9,13,16,20H,6-8,10-11H2,1H3,(H,21,26)/t13-,16-/m0/s1. The third kappa shape index (κ3) is 3.71. The van der Waals surface area contributed by atoms with Crippen molar-refractivity contribution in [3.63, 3.8) is 0 Å². The molecule has 2 fully saturated rings. The average Bonchev–Trinajstić information content (AvgIpc) is 3.33. The van der Waals surface area contributed by atoms with Gasteiger partial charge >= 0.3 is 6.03 Å². The third-order valence-corrected chi connectivity index (χ3v) is 7.40. The summed E-state index contributed by atoms with van der Waals surface area (Å²) in [5.41, 5.74) is 1.85. The van der Waals surface area contributed by atoms with E-state index in [1.54, 1.807) is 0 Å². The number of hydrogen-bond acceptors (Lipinski definition) is 5.